The molecule has 196 valence electrons. The number of hydrogen-bond acceptors (Lipinski definition) is 5. The Kier molecular flexibility index (Phi) is 9.39. The van der Waals surface area contributed by atoms with E-state index in [-0.39, 0.29) is 5.57 Å². The fourth-order valence-electron chi connectivity index (χ4n) is 3.63. The monoisotopic (exact) mass is 582 g/mol. The molecule has 4 rings (SSSR count). The minimum absolute atomic E-state index is 0.0414. The topological polar surface area (TPSA) is 80.6 Å². The summed E-state index contributed by atoms with van der Waals surface area (Å²) >= 11 is 3.42. The number of nitrogens with one attached hydrogen (secondary N) is 1. The van der Waals surface area contributed by atoms with E-state index in [0.717, 1.165) is 15.6 Å². The van der Waals surface area contributed by atoms with Crippen molar-refractivity contribution in [3.05, 3.63) is 123 Å². The first kappa shape index (κ1) is 27.5. The number of aryl methyl sites for hydroxylation is 1. The molecule has 0 bridgehead atoms. The number of benzene rings is 4. The Hall–Kier alpha value is -4.54. The van der Waals surface area contributed by atoms with E-state index in [4.69, 9.17) is 14.2 Å². The van der Waals surface area contributed by atoms with Crippen molar-refractivity contribution in [2.75, 3.05) is 12.4 Å². The number of amides is 1. The van der Waals surface area contributed by atoms with Crippen molar-refractivity contribution < 1.29 is 19.0 Å². The molecule has 0 aliphatic heterocycles. The van der Waals surface area contributed by atoms with Crippen LogP contribution in [0, 0.1) is 18.3 Å². The van der Waals surface area contributed by atoms with Crippen LogP contribution in [0.1, 0.15) is 22.3 Å². The van der Waals surface area contributed by atoms with Crippen molar-refractivity contribution in [1.82, 2.24) is 0 Å². The summed E-state index contributed by atoms with van der Waals surface area (Å²) in [5.74, 6) is 1.23. The summed E-state index contributed by atoms with van der Waals surface area (Å²) in [6.07, 6.45) is 1.51. The average Bonchev–Trinajstić information content (AvgIpc) is 2.96. The normalized spacial score (nSPS) is 10.9. The van der Waals surface area contributed by atoms with Gasteiger partial charge < -0.3 is 19.5 Å². The molecule has 0 atom stereocenters. The van der Waals surface area contributed by atoms with Crippen molar-refractivity contribution in [2.45, 2.75) is 20.1 Å². The average molecular weight is 583 g/mol. The maximum atomic E-state index is 12.8. The molecule has 0 unspecified atom stereocenters. The molecule has 0 spiro atoms. The number of nitrogens with zero attached hydrogens (tertiary/aromatic N) is 1. The highest BCUT2D eigenvalue weighted by atomic mass is 79.9. The highest BCUT2D eigenvalue weighted by Crippen LogP contribution is 2.30. The minimum Gasteiger partial charge on any atom is -0.493 e. The van der Waals surface area contributed by atoms with Crippen molar-refractivity contribution >= 4 is 33.6 Å². The van der Waals surface area contributed by atoms with Gasteiger partial charge in [0.2, 0.25) is 0 Å². The fourth-order valence-corrected chi connectivity index (χ4v) is 3.90. The second kappa shape index (κ2) is 13.3. The van der Waals surface area contributed by atoms with Crippen LogP contribution >= 0.6 is 15.9 Å². The zero-order valence-electron chi connectivity index (χ0n) is 21.6. The molecular weight excluding hydrogens is 556 g/mol. The van der Waals surface area contributed by atoms with Crippen LogP contribution in [-0.4, -0.2) is 13.0 Å². The van der Waals surface area contributed by atoms with Crippen LogP contribution in [0.4, 0.5) is 5.69 Å². The molecule has 0 radical (unpaired) electrons. The molecule has 1 N–H and O–H groups in total. The zero-order chi connectivity index (χ0) is 27.6. The van der Waals surface area contributed by atoms with Crippen LogP contribution in [0.2, 0.25) is 0 Å². The second-order valence-electron chi connectivity index (χ2n) is 8.75. The van der Waals surface area contributed by atoms with Gasteiger partial charge in [0.15, 0.2) is 11.5 Å². The van der Waals surface area contributed by atoms with E-state index < -0.39 is 5.91 Å². The highest BCUT2D eigenvalue weighted by Gasteiger charge is 2.12. The molecular formula is C32H27BrN2O4. The third-order valence-electron chi connectivity index (χ3n) is 5.81. The molecule has 0 aliphatic carbocycles. The van der Waals surface area contributed by atoms with Gasteiger partial charge in [0.05, 0.1) is 7.11 Å². The first-order valence-electron chi connectivity index (χ1n) is 12.2. The second-order valence-corrected chi connectivity index (χ2v) is 9.66. The van der Waals surface area contributed by atoms with E-state index in [1.165, 1.54) is 11.6 Å². The molecule has 0 aromatic heterocycles. The van der Waals surface area contributed by atoms with Crippen molar-refractivity contribution in [2.24, 2.45) is 0 Å². The Balaban J connectivity index is 1.37. The number of ether oxygens (including phenoxy) is 3. The molecule has 4 aromatic carbocycles. The number of methoxy groups -OCH3 is 1. The molecule has 0 saturated heterocycles. The van der Waals surface area contributed by atoms with Gasteiger partial charge >= 0.3 is 0 Å². The van der Waals surface area contributed by atoms with E-state index in [0.29, 0.717) is 41.7 Å². The van der Waals surface area contributed by atoms with Crippen molar-refractivity contribution in [3.8, 4) is 23.3 Å². The number of carbonyl (C=O) groups excluding carboxylic acids is 1. The Labute approximate surface area is 236 Å². The van der Waals surface area contributed by atoms with Gasteiger partial charge in [0, 0.05) is 10.2 Å². The van der Waals surface area contributed by atoms with Crippen LogP contribution < -0.4 is 19.5 Å². The largest absolute Gasteiger partial charge is 0.493 e. The van der Waals surface area contributed by atoms with Crippen LogP contribution in [0.5, 0.6) is 17.2 Å². The summed E-state index contributed by atoms with van der Waals surface area (Å²) in [6.45, 7) is 2.87. The van der Waals surface area contributed by atoms with Crippen LogP contribution in [0.3, 0.4) is 0 Å². The van der Waals surface area contributed by atoms with Gasteiger partial charge in [-0.3, -0.25) is 4.79 Å². The maximum absolute atomic E-state index is 12.8. The van der Waals surface area contributed by atoms with E-state index in [1.807, 2.05) is 61.5 Å². The lowest BCUT2D eigenvalue weighted by Gasteiger charge is -2.12. The molecule has 0 heterocycles. The summed E-state index contributed by atoms with van der Waals surface area (Å²) in [4.78, 5) is 12.8. The molecule has 0 fully saturated rings. The lowest BCUT2D eigenvalue weighted by molar-refractivity contribution is -0.112. The van der Waals surface area contributed by atoms with E-state index in [1.54, 1.807) is 49.6 Å². The lowest BCUT2D eigenvalue weighted by Crippen LogP contribution is -2.13. The lowest BCUT2D eigenvalue weighted by atomic mass is 10.1. The number of anilines is 1. The summed E-state index contributed by atoms with van der Waals surface area (Å²) in [5.41, 5.74) is 4.43. The van der Waals surface area contributed by atoms with Crippen molar-refractivity contribution in [1.29, 1.82) is 5.26 Å². The number of nitriles is 1. The molecule has 4 aromatic rings. The third-order valence-corrected chi connectivity index (χ3v) is 6.34. The van der Waals surface area contributed by atoms with Gasteiger partial charge in [0.25, 0.3) is 5.91 Å². The smallest absolute Gasteiger partial charge is 0.266 e. The summed E-state index contributed by atoms with van der Waals surface area (Å²) in [7, 11) is 1.54. The standard InChI is InChI=1S/C32H27BrN2O4/c1-22-3-5-23(6-4-22)20-38-29-14-12-28(13-15-29)35-32(36)26(19-34)17-25-9-16-30(31(18-25)37-2)39-21-24-7-10-27(33)11-8-24/h3-18H,20-21H2,1-2H3,(H,35,36)/b26-17+. The third kappa shape index (κ3) is 7.97. The molecule has 0 saturated carbocycles. The summed E-state index contributed by atoms with van der Waals surface area (Å²) in [6, 6.07) is 30.2. The number of carbonyl (C=O) groups is 1. The van der Waals surface area contributed by atoms with Gasteiger partial charge in [-0.2, -0.15) is 5.26 Å². The van der Waals surface area contributed by atoms with E-state index >= 15 is 0 Å². The summed E-state index contributed by atoms with van der Waals surface area (Å²) < 4.78 is 18.2. The highest BCUT2D eigenvalue weighted by molar-refractivity contribution is 9.10. The minimum atomic E-state index is -0.514. The Morgan fingerprint density at radius 3 is 2.15 bits per heavy atom. The van der Waals surface area contributed by atoms with Gasteiger partial charge in [0.1, 0.15) is 30.6 Å². The number of rotatable bonds is 10. The Morgan fingerprint density at radius 2 is 1.51 bits per heavy atom. The fraction of sp³-hybridized carbons (Fsp3) is 0.125. The van der Waals surface area contributed by atoms with Gasteiger partial charge in [-0.1, -0.05) is 64.0 Å². The predicted molar refractivity (Wildman–Crippen MR) is 156 cm³/mol. The van der Waals surface area contributed by atoms with Gasteiger partial charge in [-0.05, 0) is 78.2 Å². The van der Waals surface area contributed by atoms with Crippen LogP contribution in [-0.2, 0) is 18.0 Å². The molecule has 0 aliphatic rings. The SMILES string of the molecule is COc1cc(/C=C(\C#N)C(=O)Nc2ccc(OCc3ccc(C)cc3)cc2)ccc1OCc1ccc(Br)cc1. The Morgan fingerprint density at radius 1 is 0.872 bits per heavy atom. The molecule has 1 amide bonds. The maximum Gasteiger partial charge on any atom is 0.266 e. The predicted octanol–water partition coefficient (Wildman–Crippen LogP) is 7.47. The van der Waals surface area contributed by atoms with Crippen LogP contribution in [0.25, 0.3) is 6.08 Å². The molecule has 6 nitrogen and oxygen atoms in total. The quantitative estimate of drug-likeness (QED) is 0.155. The van der Waals surface area contributed by atoms with Crippen LogP contribution in [0.15, 0.2) is 101 Å². The van der Waals surface area contributed by atoms with Gasteiger partial charge in [-0.15, -0.1) is 0 Å². The molecule has 7 heteroatoms. The number of halogens is 1. The zero-order valence-corrected chi connectivity index (χ0v) is 23.2. The Bertz CT molecular complexity index is 1490. The molecule has 39 heavy (non-hydrogen) atoms. The summed E-state index contributed by atoms with van der Waals surface area (Å²) in [5, 5.41) is 12.4. The van der Waals surface area contributed by atoms with E-state index in [9.17, 15) is 10.1 Å². The van der Waals surface area contributed by atoms with Crippen molar-refractivity contribution in [3.63, 3.8) is 0 Å². The number of hydrogen-bond donors (Lipinski definition) is 1. The first-order chi connectivity index (χ1) is 18.9. The first-order valence-corrected chi connectivity index (χ1v) is 13.0. The van der Waals surface area contributed by atoms with Gasteiger partial charge in [-0.25, -0.2) is 0 Å². The van der Waals surface area contributed by atoms with E-state index in [2.05, 4.69) is 21.2 Å².